The van der Waals surface area contributed by atoms with Crippen molar-refractivity contribution >= 4 is 17.9 Å². The molecule has 4 aromatic rings. The van der Waals surface area contributed by atoms with Gasteiger partial charge in [-0.1, -0.05) is 36.4 Å². The van der Waals surface area contributed by atoms with Crippen molar-refractivity contribution in [2.45, 2.75) is 25.6 Å². The van der Waals surface area contributed by atoms with Crippen LogP contribution in [0.25, 0.3) is 5.65 Å². The molecule has 0 aliphatic heterocycles. The maximum atomic E-state index is 13.0. The van der Waals surface area contributed by atoms with Crippen molar-refractivity contribution < 1.29 is 23.8 Å². The number of aldehydes is 1. The van der Waals surface area contributed by atoms with Crippen molar-refractivity contribution in [2.24, 2.45) is 0 Å². The van der Waals surface area contributed by atoms with Gasteiger partial charge >= 0.3 is 5.97 Å². The summed E-state index contributed by atoms with van der Waals surface area (Å²) in [6.45, 7) is 1.78. The van der Waals surface area contributed by atoms with Gasteiger partial charge in [-0.2, -0.15) is 0 Å². The van der Waals surface area contributed by atoms with E-state index in [-0.39, 0.29) is 0 Å². The number of methoxy groups -OCH3 is 1. The van der Waals surface area contributed by atoms with Gasteiger partial charge in [0.05, 0.1) is 12.8 Å². The van der Waals surface area contributed by atoms with Crippen LogP contribution in [0.5, 0.6) is 11.5 Å². The first-order valence-electron chi connectivity index (χ1n) is 10.6. The SMILES string of the molecule is COc1ccccc1C(=O)O[C@@H]1Cc2ccccc2[C@H]1Oc1cccn2c(C=O)c(C)nc12. The summed E-state index contributed by atoms with van der Waals surface area (Å²) in [6.07, 6.45) is 2.01. The molecule has 0 radical (unpaired) electrons. The minimum atomic E-state index is -0.540. The zero-order valence-electron chi connectivity index (χ0n) is 18.2. The number of nitrogens with zero attached hydrogens (tertiary/aromatic N) is 2. The molecule has 0 amide bonds. The lowest BCUT2D eigenvalue weighted by Gasteiger charge is -2.23. The molecule has 0 saturated heterocycles. The number of rotatable bonds is 6. The number of carbonyl (C=O) groups is 2. The molecule has 2 aromatic carbocycles. The molecule has 0 N–H and O–H groups in total. The zero-order chi connectivity index (χ0) is 22.9. The summed E-state index contributed by atoms with van der Waals surface area (Å²) in [5.74, 6) is 0.486. The van der Waals surface area contributed by atoms with Crippen LogP contribution in [0.4, 0.5) is 0 Å². The average molecular weight is 442 g/mol. The second kappa shape index (κ2) is 8.43. The summed E-state index contributed by atoms with van der Waals surface area (Å²) < 4.78 is 19.4. The molecular weight excluding hydrogens is 420 g/mol. The third kappa shape index (κ3) is 3.61. The molecule has 5 rings (SSSR count). The molecule has 166 valence electrons. The predicted molar refractivity (Wildman–Crippen MR) is 121 cm³/mol. The number of aromatic nitrogens is 2. The van der Waals surface area contributed by atoms with Crippen molar-refractivity contribution in [2.75, 3.05) is 7.11 Å². The van der Waals surface area contributed by atoms with Crippen LogP contribution in [0.1, 0.15) is 43.8 Å². The lowest BCUT2D eigenvalue weighted by Crippen LogP contribution is -2.26. The molecule has 7 heteroatoms. The fourth-order valence-electron chi connectivity index (χ4n) is 4.32. The minimum Gasteiger partial charge on any atom is -0.496 e. The van der Waals surface area contributed by atoms with E-state index in [2.05, 4.69) is 4.98 Å². The van der Waals surface area contributed by atoms with Crippen LogP contribution < -0.4 is 9.47 Å². The molecule has 33 heavy (non-hydrogen) atoms. The van der Waals surface area contributed by atoms with Gasteiger partial charge in [-0.25, -0.2) is 9.78 Å². The van der Waals surface area contributed by atoms with E-state index in [4.69, 9.17) is 14.2 Å². The Kier molecular flexibility index (Phi) is 5.30. The Morgan fingerprint density at radius 2 is 1.82 bits per heavy atom. The Balaban J connectivity index is 1.50. The van der Waals surface area contributed by atoms with Crippen molar-refractivity contribution in [1.29, 1.82) is 0 Å². The van der Waals surface area contributed by atoms with E-state index in [0.717, 1.165) is 17.4 Å². The summed E-state index contributed by atoms with van der Waals surface area (Å²) in [4.78, 5) is 29.0. The van der Waals surface area contributed by atoms with E-state index < -0.39 is 18.2 Å². The summed E-state index contributed by atoms with van der Waals surface area (Å²) in [7, 11) is 1.52. The third-order valence-electron chi connectivity index (χ3n) is 5.91. The number of fused-ring (bicyclic) bond motifs is 2. The molecule has 1 aliphatic rings. The van der Waals surface area contributed by atoms with Crippen molar-refractivity contribution in [3.63, 3.8) is 0 Å². The minimum absolute atomic E-state index is 0.358. The van der Waals surface area contributed by atoms with E-state index in [9.17, 15) is 9.59 Å². The lowest BCUT2D eigenvalue weighted by molar-refractivity contribution is -0.00309. The summed E-state index contributed by atoms with van der Waals surface area (Å²) in [5, 5.41) is 0. The highest BCUT2D eigenvalue weighted by atomic mass is 16.6. The summed E-state index contributed by atoms with van der Waals surface area (Å²) in [5.41, 5.74) is 4.00. The van der Waals surface area contributed by atoms with Crippen LogP contribution in [-0.2, 0) is 11.2 Å². The van der Waals surface area contributed by atoms with Gasteiger partial charge in [0.1, 0.15) is 23.1 Å². The molecule has 1 aliphatic carbocycles. The monoisotopic (exact) mass is 442 g/mol. The molecule has 0 spiro atoms. The predicted octanol–water partition coefficient (Wildman–Crippen LogP) is 4.37. The largest absolute Gasteiger partial charge is 0.496 e. The van der Waals surface area contributed by atoms with Gasteiger partial charge in [-0.05, 0) is 42.3 Å². The molecule has 0 saturated carbocycles. The van der Waals surface area contributed by atoms with Gasteiger partial charge in [0.15, 0.2) is 23.8 Å². The van der Waals surface area contributed by atoms with Gasteiger partial charge < -0.3 is 14.2 Å². The maximum absolute atomic E-state index is 13.0. The molecule has 2 atom stereocenters. The molecule has 0 fully saturated rings. The average Bonchev–Trinajstić information content (AvgIpc) is 3.35. The smallest absolute Gasteiger partial charge is 0.342 e. The Labute approximate surface area is 190 Å². The summed E-state index contributed by atoms with van der Waals surface area (Å²) >= 11 is 0. The first kappa shape index (κ1) is 20.8. The van der Waals surface area contributed by atoms with Gasteiger partial charge in [0.25, 0.3) is 0 Å². The lowest BCUT2D eigenvalue weighted by atomic mass is 10.1. The fraction of sp³-hybridized carbons (Fsp3) is 0.192. The first-order chi connectivity index (χ1) is 16.1. The second-order valence-corrected chi connectivity index (χ2v) is 7.85. The highest BCUT2D eigenvalue weighted by molar-refractivity contribution is 5.92. The van der Waals surface area contributed by atoms with Gasteiger partial charge in [0, 0.05) is 12.6 Å². The summed E-state index contributed by atoms with van der Waals surface area (Å²) in [6, 6.07) is 18.4. The van der Waals surface area contributed by atoms with Crippen molar-refractivity contribution in [3.8, 4) is 11.5 Å². The number of hydrogen-bond donors (Lipinski definition) is 0. The van der Waals surface area contributed by atoms with Gasteiger partial charge in [-0.15, -0.1) is 0 Å². The van der Waals surface area contributed by atoms with E-state index in [1.54, 1.807) is 53.9 Å². The fourth-order valence-corrected chi connectivity index (χ4v) is 4.32. The van der Waals surface area contributed by atoms with Gasteiger partial charge in [-0.3, -0.25) is 9.20 Å². The number of hydrogen-bond acceptors (Lipinski definition) is 6. The topological polar surface area (TPSA) is 79.1 Å². The Morgan fingerprint density at radius 3 is 2.64 bits per heavy atom. The Morgan fingerprint density at radius 1 is 1.06 bits per heavy atom. The maximum Gasteiger partial charge on any atom is 0.342 e. The van der Waals surface area contributed by atoms with Crippen LogP contribution in [0.15, 0.2) is 66.9 Å². The van der Waals surface area contributed by atoms with Crippen LogP contribution in [0.2, 0.25) is 0 Å². The molecule has 0 unspecified atom stereocenters. The standard InChI is InChI=1S/C26H22N2O5/c1-16-20(15-29)28-13-7-12-22(25(28)27-16)32-24-18-9-4-3-8-17(18)14-23(24)33-26(30)19-10-5-6-11-21(19)31-2/h3-13,15,23-24H,14H2,1-2H3/t23-,24-/m1/s1. The van der Waals surface area contributed by atoms with Crippen molar-refractivity contribution in [3.05, 3.63) is 94.9 Å². The Hall–Kier alpha value is -4.13. The molecule has 7 nitrogen and oxygen atoms in total. The molecule has 2 heterocycles. The van der Waals surface area contributed by atoms with E-state index in [0.29, 0.717) is 40.5 Å². The number of imidazole rings is 1. The van der Waals surface area contributed by atoms with E-state index in [1.807, 2.05) is 24.3 Å². The second-order valence-electron chi connectivity index (χ2n) is 7.85. The third-order valence-corrected chi connectivity index (χ3v) is 5.91. The van der Waals surface area contributed by atoms with Crippen LogP contribution in [-0.4, -0.2) is 34.9 Å². The van der Waals surface area contributed by atoms with Crippen LogP contribution in [0, 0.1) is 6.92 Å². The number of carbonyl (C=O) groups excluding carboxylic acids is 2. The molecule has 0 bridgehead atoms. The first-order valence-corrected chi connectivity index (χ1v) is 10.6. The Bertz CT molecular complexity index is 1360. The number of esters is 1. The van der Waals surface area contributed by atoms with Crippen LogP contribution in [0.3, 0.4) is 0 Å². The molecule has 2 aromatic heterocycles. The van der Waals surface area contributed by atoms with E-state index >= 15 is 0 Å². The molecular formula is C26H22N2O5. The van der Waals surface area contributed by atoms with Crippen LogP contribution >= 0.6 is 0 Å². The highest BCUT2D eigenvalue weighted by Gasteiger charge is 2.38. The number of aryl methyl sites for hydroxylation is 1. The van der Waals surface area contributed by atoms with Gasteiger partial charge in [0.2, 0.25) is 0 Å². The number of benzene rings is 2. The quantitative estimate of drug-likeness (QED) is 0.326. The highest BCUT2D eigenvalue weighted by Crippen LogP contribution is 2.38. The normalized spacial score (nSPS) is 16.9. The number of ether oxygens (including phenoxy) is 3. The number of para-hydroxylation sites is 1. The number of pyridine rings is 1. The zero-order valence-corrected chi connectivity index (χ0v) is 18.2. The van der Waals surface area contributed by atoms with Crippen molar-refractivity contribution in [1.82, 2.24) is 9.38 Å². The van der Waals surface area contributed by atoms with E-state index in [1.165, 1.54) is 7.11 Å².